The Hall–Kier alpha value is -3.28. The second kappa shape index (κ2) is 11.9. The number of hydrogen-bond donors (Lipinski definition) is 2. The van der Waals surface area contributed by atoms with Crippen molar-refractivity contribution in [2.45, 2.75) is 69.7 Å². The molecule has 1 aliphatic rings. The van der Waals surface area contributed by atoms with E-state index in [1.807, 2.05) is 52.1 Å². The van der Waals surface area contributed by atoms with Crippen molar-refractivity contribution in [1.29, 1.82) is 0 Å². The standard InChI is InChI=1S/C30H38N4O5S2/c1-20(22-9-7-6-8-10-22)15-18-34(28(36)30(16-17-30)23-11-13-24(39-5)14-12-23)19-25-32-26(21(2)40-25)27(35)33-41(37,38)29(3,4)31/h6-14,20H,15-19,31H2,1-5H3,(H,33,35). The molecule has 0 bridgehead atoms. The Balaban J connectivity index is 1.58. The van der Waals surface area contributed by atoms with Gasteiger partial charge in [-0.2, -0.15) is 0 Å². The van der Waals surface area contributed by atoms with Crippen molar-refractivity contribution < 1.29 is 22.7 Å². The molecule has 9 nitrogen and oxygen atoms in total. The molecular formula is C30H38N4O5S2. The Kier molecular flexibility index (Phi) is 8.91. The molecule has 0 saturated heterocycles. The van der Waals surface area contributed by atoms with Gasteiger partial charge >= 0.3 is 0 Å². The quantitative estimate of drug-likeness (QED) is 0.314. The van der Waals surface area contributed by atoms with Crippen LogP contribution in [0.5, 0.6) is 5.75 Å². The minimum atomic E-state index is -4.11. The van der Waals surface area contributed by atoms with Gasteiger partial charge in [0.2, 0.25) is 5.91 Å². The van der Waals surface area contributed by atoms with Gasteiger partial charge in [0, 0.05) is 11.4 Å². The predicted molar refractivity (Wildman–Crippen MR) is 160 cm³/mol. The van der Waals surface area contributed by atoms with Gasteiger partial charge < -0.3 is 15.4 Å². The molecule has 41 heavy (non-hydrogen) atoms. The molecule has 0 spiro atoms. The van der Waals surface area contributed by atoms with E-state index in [1.54, 1.807) is 14.0 Å². The lowest BCUT2D eigenvalue weighted by Crippen LogP contribution is -2.50. The summed E-state index contributed by atoms with van der Waals surface area (Å²) in [5, 5.41) is 0.559. The van der Waals surface area contributed by atoms with Crippen LogP contribution in [0.4, 0.5) is 0 Å². The first-order chi connectivity index (χ1) is 19.3. The van der Waals surface area contributed by atoms with Crippen LogP contribution in [0.3, 0.4) is 0 Å². The van der Waals surface area contributed by atoms with Crippen LogP contribution in [-0.4, -0.2) is 48.6 Å². The van der Waals surface area contributed by atoms with Crippen molar-refractivity contribution in [3.05, 3.63) is 81.3 Å². The zero-order valence-corrected chi connectivity index (χ0v) is 25.8. The molecule has 220 valence electrons. The van der Waals surface area contributed by atoms with E-state index in [0.29, 0.717) is 16.4 Å². The summed E-state index contributed by atoms with van der Waals surface area (Å²) in [6, 6.07) is 17.8. The summed E-state index contributed by atoms with van der Waals surface area (Å²) in [5.41, 5.74) is 7.28. The van der Waals surface area contributed by atoms with E-state index in [4.69, 9.17) is 10.5 Å². The van der Waals surface area contributed by atoms with Crippen LogP contribution in [0.2, 0.25) is 0 Å². The molecular weight excluding hydrogens is 560 g/mol. The molecule has 0 aliphatic heterocycles. The van der Waals surface area contributed by atoms with Gasteiger partial charge in [-0.1, -0.05) is 49.4 Å². The zero-order valence-electron chi connectivity index (χ0n) is 24.1. The van der Waals surface area contributed by atoms with Crippen molar-refractivity contribution in [1.82, 2.24) is 14.6 Å². The number of amides is 2. The maximum absolute atomic E-state index is 14.2. The Bertz CT molecular complexity index is 1490. The number of thiazole rings is 1. The first-order valence-corrected chi connectivity index (χ1v) is 15.9. The molecule has 3 N–H and O–H groups in total. The number of hydrogen-bond acceptors (Lipinski definition) is 8. The topological polar surface area (TPSA) is 132 Å². The number of aryl methyl sites for hydroxylation is 1. The van der Waals surface area contributed by atoms with E-state index < -0.39 is 26.2 Å². The Morgan fingerprint density at radius 2 is 1.78 bits per heavy atom. The molecule has 1 heterocycles. The fraction of sp³-hybridized carbons (Fsp3) is 0.433. The number of rotatable bonds is 12. The molecule has 4 rings (SSSR count). The number of methoxy groups -OCH3 is 1. The van der Waals surface area contributed by atoms with Crippen LogP contribution in [0.25, 0.3) is 0 Å². The van der Waals surface area contributed by atoms with Gasteiger partial charge in [0.15, 0.2) is 0 Å². The van der Waals surface area contributed by atoms with Crippen LogP contribution >= 0.6 is 11.3 Å². The van der Waals surface area contributed by atoms with E-state index in [2.05, 4.69) is 24.0 Å². The lowest BCUT2D eigenvalue weighted by Gasteiger charge is -2.28. The van der Waals surface area contributed by atoms with Crippen LogP contribution in [0, 0.1) is 6.92 Å². The molecule has 1 saturated carbocycles. The number of nitrogens with zero attached hydrogens (tertiary/aromatic N) is 2. The minimum Gasteiger partial charge on any atom is -0.497 e. The minimum absolute atomic E-state index is 0.0131. The van der Waals surface area contributed by atoms with Crippen molar-refractivity contribution in [2.24, 2.45) is 5.73 Å². The fourth-order valence-corrected chi connectivity index (χ4v) is 6.26. The van der Waals surface area contributed by atoms with Crippen LogP contribution in [0.15, 0.2) is 54.6 Å². The third kappa shape index (κ3) is 6.79. The van der Waals surface area contributed by atoms with E-state index >= 15 is 0 Å². The maximum Gasteiger partial charge on any atom is 0.284 e. The molecule has 1 fully saturated rings. The van der Waals surface area contributed by atoms with Crippen molar-refractivity contribution in [3.8, 4) is 5.75 Å². The highest BCUT2D eigenvalue weighted by molar-refractivity contribution is 7.91. The molecule has 1 unspecified atom stereocenters. The number of nitrogens with one attached hydrogen (secondary N) is 1. The molecule has 3 aromatic rings. The van der Waals surface area contributed by atoms with Gasteiger partial charge in [-0.25, -0.2) is 18.1 Å². The molecule has 1 aliphatic carbocycles. The zero-order chi connectivity index (χ0) is 30.0. The maximum atomic E-state index is 14.2. The molecule has 0 radical (unpaired) electrons. The first-order valence-electron chi connectivity index (χ1n) is 13.6. The first kappa shape index (κ1) is 30.7. The van der Waals surface area contributed by atoms with Crippen molar-refractivity contribution in [2.75, 3.05) is 13.7 Å². The predicted octanol–water partition coefficient (Wildman–Crippen LogP) is 4.47. The van der Waals surface area contributed by atoms with Gasteiger partial charge in [0.1, 0.15) is 21.3 Å². The second-order valence-corrected chi connectivity index (χ2v) is 14.7. The van der Waals surface area contributed by atoms with Gasteiger partial charge in [-0.3, -0.25) is 9.59 Å². The van der Waals surface area contributed by atoms with Gasteiger partial charge in [-0.15, -0.1) is 11.3 Å². The third-order valence-electron chi connectivity index (χ3n) is 7.59. The Morgan fingerprint density at radius 3 is 2.34 bits per heavy atom. The smallest absolute Gasteiger partial charge is 0.284 e. The van der Waals surface area contributed by atoms with E-state index in [0.717, 1.165) is 30.6 Å². The lowest BCUT2D eigenvalue weighted by molar-refractivity contribution is -0.134. The molecule has 1 aromatic heterocycles. The number of aromatic nitrogens is 1. The Labute approximate surface area is 246 Å². The van der Waals surface area contributed by atoms with E-state index in [-0.39, 0.29) is 24.1 Å². The van der Waals surface area contributed by atoms with Crippen molar-refractivity contribution >= 4 is 33.2 Å². The second-order valence-electron chi connectivity index (χ2n) is 11.2. The molecule has 1 atom stereocenters. The molecule has 11 heteroatoms. The summed E-state index contributed by atoms with van der Waals surface area (Å²) in [7, 11) is -2.50. The number of ether oxygens (including phenoxy) is 1. The van der Waals surface area contributed by atoms with Gasteiger partial charge in [0.25, 0.3) is 15.9 Å². The number of sulfonamides is 1. The molecule has 2 aromatic carbocycles. The highest BCUT2D eigenvalue weighted by Crippen LogP contribution is 2.50. The number of carbonyl (C=O) groups excluding carboxylic acids is 2. The SMILES string of the molecule is COc1ccc(C2(C(=O)N(CCC(C)c3ccccc3)Cc3nc(C(=O)NS(=O)(=O)C(C)(C)N)c(C)s3)CC2)cc1. The highest BCUT2D eigenvalue weighted by Gasteiger charge is 2.53. The van der Waals surface area contributed by atoms with Crippen LogP contribution < -0.4 is 15.2 Å². The summed E-state index contributed by atoms with van der Waals surface area (Å²) in [4.78, 5) is 32.2. The highest BCUT2D eigenvalue weighted by atomic mass is 32.2. The fourth-order valence-electron chi connectivity index (χ4n) is 4.71. The number of carbonyl (C=O) groups is 2. The number of nitrogens with two attached hydrogens (primary N) is 1. The Morgan fingerprint density at radius 1 is 1.15 bits per heavy atom. The average molecular weight is 599 g/mol. The number of benzene rings is 2. The van der Waals surface area contributed by atoms with Gasteiger partial charge in [-0.05, 0) is 69.2 Å². The summed E-state index contributed by atoms with van der Waals surface area (Å²) in [6.07, 6.45) is 2.25. The summed E-state index contributed by atoms with van der Waals surface area (Å²) in [5.74, 6) is 0.145. The van der Waals surface area contributed by atoms with Crippen LogP contribution in [0.1, 0.15) is 77.5 Å². The monoisotopic (exact) mass is 598 g/mol. The molecule has 2 amide bonds. The normalized spacial score (nSPS) is 15.2. The third-order valence-corrected chi connectivity index (χ3v) is 10.4. The lowest BCUT2D eigenvalue weighted by atomic mass is 9.93. The van der Waals surface area contributed by atoms with Crippen molar-refractivity contribution in [3.63, 3.8) is 0 Å². The summed E-state index contributed by atoms with van der Waals surface area (Å²) >= 11 is 1.28. The average Bonchev–Trinajstić information content (AvgIpc) is 3.66. The summed E-state index contributed by atoms with van der Waals surface area (Å²) in [6.45, 7) is 7.18. The van der Waals surface area contributed by atoms with E-state index in [1.165, 1.54) is 30.7 Å². The van der Waals surface area contributed by atoms with Gasteiger partial charge in [0.05, 0.1) is 19.1 Å². The summed E-state index contributed by atoms with van der Waals surface area (Å²) < 4.78 is 32.2. The largest absolute Gasteiger partial charge is 0.497 e. The van der Waals surface area contributed by atoms with Crippen LogP contribution in [-0.2, 0) is 26.8 Å². The van der Waals surface area contributed by atoms with E-state index in [9.17, 15) is 18.0 Å².